The lowest BCUT2D eigenvalue weighted by Gasteiger charge is -2.41. The second-order valence-corrected chi connectivity index (χ2v) is 7.96. The molecule has 3 unspecified atom stereocenters. The van der Waals surface area contributed by atoms with E-state index >= 15 is 0 Å². The molecule has 3 aliphatic rings. The van der Waals surface area contributed by atoms with E-state index in [-0.39, 0.29) is 24.1 Å². The summed E-state index contributed by atoms with van der Waals surface area (Å²) in [4.78, 5) is 0. The highest BCUT2D eigenvalue weighted by Crippen LogP contribution is 2.48. The molecule has 1 spiro atoms. The van der Waals surface area contributed by atoms with Crippen molar-refractivity contribution >= 4 is 0 Å². The molecule has 0 radical (unpaired) electrons. The molecule has 2 aliphatic carbocycles. The van der Waals surface area contributed by atoms with Gasteiger partial charge in [-0.15, -0.1) is 0 Å². The van der Waals surface area contributed by atoms with Gasteiger partial charge >= 0.3 is 0 Å². The number of ether oxygens (including phenoxy) is 2. The van der Waals surface area contributed by atoms with Gasteiger partial charge in [0.25, 0.3) is 0 Å². The maximum Gasteiger partial charge on any atom is 0.158 e. The Kier molecular flexibility index (Phi) is 4.13. The molecule has 3 nitrogen and oxygen atoms in total. The zero-order valence-electron chi connectivity index (χ0n) is 13.1. The Bertz CT molecular complexity index is 329. The average Bonchev–Trinajstić information content (AvgIpc) is 2.80. The van der Waals surface area contributed by atoms with E-state index in [0.717, 1.165) is 32.1 Å². The van der Waals surface area contributed by atoms with Crippen LogP contribution in [-0.2, 0) is 9.47 Å². The molecule has 0 bridgehead atoms. The maximum absolute atomic E-state index is 10.0. The van der Waals surface area contributed by atoms with Crippen molar-refractivity contribution in [1.29, 1.82) is 0 Å². The van der Waals surface area contributed by atoms with Crippen LogP contribution in [0.2, 0.25) is 0 Å². The molecule has 3 heteroatoms. The Balaban J connectivity index is 1.52. The maximum atomic E-state index is 10.0. The Hall–Kier alpha value is -0.120. The monoisotopic (exact) mass is 282 g/mol. The predicted octanol–water partition coefficient (Wildman–Crippen LogP) is 3.78. The summed E-state index contributed by atoms with van der Waals surface area (Å²) in [6.07, 6.45) is 10.8. The van der Waals surface area contributed by atoms with Gasteiger partial charge in [-0.2, -0.15) is 0 Å². The molecular weight excluding hydrogens is 252 g/mol. The third kappa shape index (κ3) is 3.20. The molecule has 1 saturated heterocycles. The Morgan fingerprint density at radius 2 is 1.65 bits per heavy atom. The second kappa shape index (κ2) is 5.58. The smallest absolute Gasteiger partial charge is 0.158 e. The Morgan fingerprint density at radius 3 is 2.35 bits per heavy atom. The first kappa shape index (κ1) is 14.8. The minimum atomic E-state index is -0.283. The largest absolute Gasteiger partial charge is 0.390 e. The SMILES string of the molecule is CC1(C)CCC2(CCC(OC3CCCCC3O)O2)CC1. The van der Waals surface area contributed by atoms with Crippen molar-refractivity contribution in [3.63, 3.8) is 0 Å². The van der Waals surface area contributed by atoms with Crippen molar-refractivity contribution in [3.05, 3.63) is 0 Å². The molecule has 3 atom stereocenters. The van der Waals surface area contributed by atoms with Crippen molar-refractivity contribution in [2.45, 2.75) is 102 Å². The van der Waals surface area contributed by atoms with Crippen LogP contribution in [-0.4, -0.2) is 29.2 Å². The van der Waals surface area contributed by atoms with Crippen LogP contribution < -0.4 is 0 Å². The molecule has 116 valence electrons. The van der Waals surface area contributed by atoms with Gasteiger partial charge in [0.15, 0.2) is 6.29 Å². The summed E-state index contributed by atoms with van der Waals surface area (Å²) in [5, 5.41) is 10.0. The summed E-state index contributed by atoms with van der Waals surface area (Å²) in [6, 6.07) is 0. The lowest BCUT2D eigenvalue weighted by molar-refractivity contribution is -0.220. The lowest BCUT2D eigenvalue weighted by Crippen LogP contribution is -2.39. The fraction of sp³-hybridized carbons (Fsp3) is 1.00. The van der Waals surface area contributed by atoms with Gasteiger partial charge in [0.05, 0.1) is 17.8 Å². The van der Waals surface area contributed by atoms with Crippen LogP contribution in [0.5, 0.6) is 0 Å². The first-order chi connectivity index (χ1) is 9.48. The quantitative estimate of drug-likeness (QED) is 0.837. The minimum Gasteiger partial charge on any atom is -0.390 e. The highest BCUT2D eigenvalue weighted by atomic mass is 16.7. The molecule has 0 amide bonds. The fourth-order valence-electron chi connectivity index (χ4n) is 4.05. The van der Waals surface area contributed by atoms with E-state index in [1.807, 2.05) is 0 Å². The van der Waals surface area contributed by atoms with Crippen molar-refractivity contribution in [2.24, 2.45) is 5.41 Å². The summed E-state index contributed by atoms with van der Waals surface area (Å²) in [6.45, 7) is 4.72. The lowest BCUT2D eigenvalue weighted by atomic mass is 9.70. The van der Waals surface area contributed by atoms with Crippen LogP contribution in [0.3, 0.4) is 0 Å². The molecular formula is C17H30O3. The molecule has 0 aromatic heterocycles. The predicted molar refractivity (Wildman–Crippen MR) is 78.4 cm³/mol. The summed E-state index contributed by atoms with van der Waals surface area (Å²) < 4.78 is 12.4. The third-order valence-corrected chi connectivity index (χ3v) is 5.73. The van der Waals surface area contributed by atoms with Crippen molar-refractivity contribution < 1.29 is 14.6 Å². The number of aliphatic hydroxyl groups excluding tert-OH is 1. The summed E-state index contributed by atoms with van der Waals surface area (Å²) in [5.74, 6) is 0. The molecule has 3 fully saturated rings. The van der Waals surface area contributed by atoms with E-state index in [9.17, 15) is 5.11 Å². The zero-order valence-corrected chi connectivity index (χ0v) is 13.1. The topological polar surface area (TPSA) is 38.7 Å². The number of rotatable bonds is 2. The molecule has 3 rings (SSSR count). The number of hydrogen-bond acceptors (Lipinski definition) is 3. The third-order valence-electron chi connectivity index (χ3n) is 5.73. The van der Waals surface area contributed by atoms with Gasteiger partial charge in [-0.25, -0.2) is 0 Å². The molecule has 0 aromatic rings. The van der Waals surface area contributed by atoms with Gasteiger partial charge in [-0.1, -0.05) is 26.7 Å². The Morgan fingerprint density at radius 1 is 0.950 bits per heavy atom. The van der Waals surface area contributed by atoms with Crippen molar-refractivity contribution in [1.82, 2.24) is 0 Å². The summed E-state index contributed by atoms with van der Waals surface area (Å²) >= 11 is 0. The zero-order chi connectivity index (χ0) is 14.2. The van der Waals surface area contributed by atoms with Crippen LogP contribution in [0.15, 0.2) is 0 Å². The number of hydrogen-bond donors (Lipinski definition) is 1. The van der Waals surface area contributed by atoms with E-state index in [1.54, 1.807) is 0 Å². The molecule has 20 heavy (non-hydrogen) atoms. The first-order valence-corrected chi connectivity index (χ1v) is 8.50. The van der Waals surface area contributed by atoms with E-state index in [0.29, 0.717) is 5.41 Å². The van der Waals surface area contributed by atoms with Gasteiger partial charge in [0.2, 0.25) is 0 Å². The summed E-state index contributed by atoms with van der Waals surface area (Å²) in [7, 11) is 0. The van der Waals surface area contributed by atoms with Gasteiger partial charge < -0.3 is 14.6 Å². The van der Waals surface area contributed by atoms with Crippen LogP contribution in [0.25, 0.3) is 0 Å². The highest BCUT2D eigenvalue weighted by Gasteiger charge is 2.45. The van der Waals surface area contributed by atoms with Crippen molar-refractivity contribution in [3.8, 4) is 0 Å². The number of aliphatic hydroxyl groups is 1. The highest BCUT2D eigenvalue weighted by molar-refractivity contribution is 4.94. The van der Waals surface area contributed by atoms with Gasteiger partial charge in [-0.3, -0.25) is 0 Å². The molecule has 1 heterocycles. The Labute approximate surface area is 123 Å². The van der Waals surface area contributed by atoms with E-state index in [1.165, 1.54) is 32.1 Å². The van der Waals surface area contributed by atoms with Gasteiger partial charge in [0, 0.05) is 6.42 Å². The second-order valence-electron chi connectivity index (χ2n) is 7.96. The van der Waals surface area contributed by atoms with Gasteiger partial charge in [-0.05, 0) is 50.4 Å². The molecule has 0 aromatic carbocycles. The van der Waals surface area contributed by atoms with Gasteiger partial charge in [0.1, 0.15) is 0 Å². The van der Waals surface area contributed by atoms with E-state index in [2.05, 4.69) is 13.8 Å². The minimum absolute atomic E-state index is 0.00364. The van der Waals surface area contributed by atoms with Crippen LogP contribution in [0, 0.1) is 5.41 Å². The molecule has 1 aliphatic heterocycles. The molecule has 1 N–H and O–H groups in total. The normalized spacial score (nSPS) is 40.0. The van der Waals surface area contributed by atoms with Crippen LogP contribution in [0.1, 0.15) is 78.1 Å². The molecule has 2 saturated carbocycles. The van der Waals surface area contributed by atoms with Crippen LogP contribution >= 0.6 is 0 Å². The van der Waals surface area contributed by atoms with Crippen LogP contribution in [0.4, 0.5) is 0 Å². The summed E-state index contributed by atoms with van der Waals surface area (Å²) in [5.41, 5.74) is 0.562. The first-order valence-electron chi connectivity index (χ1n) is 8.50. The average molecular weight is 282 g/mol. The fourth-order valence-corrected chi connectivity index (χ4v) is 4.05. The standard InChI is InChI=1S/C17H30O3/c1-16(2)9-11-17(12-10-16)8-7-15(20-17)19-14-6-4-3-5-13(14)18/h13-15,18H,3-12H2,1-2H3. The van der Waals surface area contributed by atoms with E-state index in [4.69, 9.17) is 9.47 Å². The van der Waals surface area contributed by atoms with E-state index < -0.39 is 0 Å². The van der Waals surface area contributed by atoms with Crippen molar-refractivity contribution in [2.75, 3.05) is 0 Å².